The third-order valence-electron chi connectivity index (χ3n) is 2.50. The molecular weight excluding hydrogens is 294 g/mol. The van der Waals surface area contributed by atoms with E-state index in [2.05, 4.69) is 0 Å². The molecule has 20 heavy (non-hydrogen) atoms. The fourth-order valence-corrected chi connectivity index (χ4v) is 2.11. The number of hydrogen-bond acceptors (Lipinski definition) is 7. The molecule has 0 radical (unpaired) electrons. The Morgan fingerprint density at radius 1 is 1.35 bits per heavy atom. The molecule has 0 saturated heterocycles. The largest absolute Gasteiger partial charge is 0.479 e. The van der Waals surface area contributed by atoms with Crippen LogP contribution in [0.5, 0.6) is 0 Å². The van der Waals surface area contributed by atoms with Crippen LogP contribution in [-0.2, 0) is 14.6 Å². The van der Waals surface area contributed by atoms with Crippen molar-refractivity contribution in [3.63, 3.8) is 0 Å². The van der Waals surface area contributed by atoms with E-state index >= 15 is 0 Å². The molecule has 9 nitrogen and oxygen atoms in total. The molecule has 110 valence electrons. The third kappa shape index (κ3) is 3.29. The van der Waals surface area contributed by atoms with Crippen molar-refractivity contribution >= 4 is 21.5 Å². The van der Waals surface area contributed by atoms with Crippen LogP contribution < -0.4 is 0 Å². The van der Waals surface area contributed by atoms with Crippen molar-refractivity contribution in [1.29, 1.82) is 0 Å². The van der Waals surface area contributed by atoms with Gasteiger partial charge in [0, 0.05) is 12.3 Å². The van der Waals surface area contributed by atoms with Gasteiger partial charge in [0.05, 0.1) is 15.4 Å². The molecule has 0 spiro atoms. The lowest BCUT2D eigenvalue weighted by atomic mass is 10.0. The van der Waals surface area contributed by atoms with E-state index in [9.17, 15) is 33.5 Å². The molecule has 0 bridgehead atoms. The van der Waals surface area contributed by atoms with Gasteiger partial charge in [-0.2, -0.15) is 0 Å². The highest BCUT2D eigenvalue weighted by molar-refractivity contribution is 7.90. The number of nitro benzene ring substituents is 1. The molecule has 0 aromatic heterocycles. The minimum absolute atomic E-state index is 0.357. The van der Waals surface area contributed by atoms with Crippen molar-refractivity contribution < 1.29 is 33.5 Å². The predicted octanol–water partition coefficient (Wildman–Crippen LogP) is -0.523. The number of carboxylic acid groups (broad SMARTS) is 1. The van der Waals surface area contributed by atoms with Crippen LogP contribution in [0.4, 0.5) is 5.69 Å². The van der Waals surface area contributed by atoms with E-state index in [1.54, 1.807) is 0 Å². The lowest BCUT2D eigenvalue weighted by molar-refractivity contribution is -0.386. The minimum atomic E-state index is -3.70. The van der Waals surface area contributed by atoms with Gasteiger partial charge in [-0.25, -0.2) is 13.2 Å². The van der Waals surface area contributed by atoms with Crippen LogP contribution in [0.15, 0.2) is 23.1 Å². The average Bonchev–Trinajstić information content (AvgIpc) is 2.34. The summed E-state index contributed by atoms with van der Waals surface area (Å²) < 4.78 is 22.6. The highest BCUT2D eigenvalue weighted by Crippen LogP contribution is 2.29. The monoisotopic (exact) mass is 305 g/mol. The van der Waals surface area contributed by atoms with Gasteiger partial charge in [0.1, 0.15) is 6.10 Å². The van der Waals surface area contributed by atoms with Crippen LogP contribution in [0.3, 0.4) is 0 Å². The molecule has 1 aromatic carbocycles. The van der Waals surface area contributed by atoms with E-state index in [0.29, 0.717) is 6.07 Å². The number of aliphatic hydroxyl groups is 2. The first kappa shape index (κ1) is 16.0. The summed E-state index contributed by atoms with van der Waals surface area (Å²) in [5.41, 5.74) is -1.28. The second kappa shape index (κ2) is 5.53. The van der Waals surface area contributed by atoms with Crippen LogP contribution in [0.1, 0.15) is 11.7 Å². The van der Waals surface area contributed by atoms with Crippen LogP contribution in [-0.4, -0.2) is 47.0 Å². The van der Waals surface area contributed by atoms with Crippen LogP contribution in [0.25, 0.3) is 0 Å². The van der Waals surface area contributed by atoms with Gasteiger partial charge >= 0.3 is 5.97 Å². The Kier molecular flexibility index (Phi) is 4.43. The Hall–Kier alpha value is -2.04. The van der Waals surface area contributed by atoms with Crippen molar-refractivity contribution in [3.05, 3.63) is 33.9 Å². The average molecular weight is 305 g/mol. The van der Waals surface area contributed by atoms with Gasteiger partial charge in [-0.05, 0) is 12.1 Å². The summed E-state index contributed by atoms with van der Waals surface area (Å²) in [4.78, 5) is 20.1. The number of carbonyl (C=O) groups is 1. The fourth-order valence-electron chi connectivity index (χ4n) is 1.47. The number of aliphatic carboxylic acids is 1. The number of rotatable bonds is 5. The number of nitro groups is 1. The molecule has 0 aliphatic rings. The second-order valence-corrected chi connectivity index (χ2v) is 5.99. The molecule has 0 aliphatic carbocycles. The number of nitrogens with zero attached hydrogens (tertiary/aromatic N) is 1. The Bertz CT molecular complexity index is 653. The Morgan fingerprint density at radius 3 is 2.30 bits per heavy atom. The molecule has 0 heterocycles. The van der Waals surface area contributed by atoms with Crippen molar-refractivity contribution in [3.8, 4) is 0 Å². The summed E-state index contributed by atoms with van der Waals surface area (Å²) in [6.07, 6.45) is -3.48. The summed E-state index contributed by atoms with van der Waals surface area (Å²) >= 11 is 0. The topological polar surface area (TPSA) is 155 Å². The van der Waals surface area contributed by atoms with Crippen molar-refractivity contribution in [2.24, 2.45) is 0 Å². The van der Waals surface area contributed by atoms with Crippen molar-refractivity contribution in [2.45, 2.75) is 17.1 Å². The van der Waals surface area contributed by atoms with E-state index in [1.165, 1.54) is 0 Å². The third-order valence-corrected chi connectivity index (χ3v) is 3.61. The van der Waals surface area contributed by atoms with E-state index in [1.807, 2.05) is 0 Å². The zero-order valence-electron chi connectivity index (χ0n) is 10.1. The van der Waals surface area contributed by atoms with Crippen molar-refractivity contribution in [1.82, 2.24) is 0 Å². The lowest BCUT2D eigenvalue weighted by Crippen LogP contribution is -2.28. The molecule has 2 atom stereocenters. The molecule has 0 amide bonds. The number of carboxylic acids is 1. The van der Waals surface area contributed by atoms with E-state index in [0.717, 1.165) is 18.4 Å². The first-order valence-corrected chi connectivity index (χ1v) is 7.02. The van der Waals surface area contributed by atoms with E-state index < -0.39 is 44.2 Å². The van der Waals surface area contributed by atoms with Gasteiger partial charge in [0.2, 0.25) is 0 Å². The molecule has 1 rings (SSSR count). The molecule has 2 unspecified atom stereocenters. The zero-order valence-corrected chi connectivity index (χ0v) is 10.9. The highest BCUT2D eigenvalue weighted by Gasteiger charge is 2.31. The first-order chi connectivity index (χ1) is 9.05. The maximum absolute atomic E-state index is 11.3. The second-order valence-electron chi connectivity index (χ2n) is 3.98. The van der Waals surface area contributed by atoms with Crippen LogP contribution in [0.2, 0.25) is 0 Å². The molecular formula is C10H11NO8S. The van der Waals surface area contributed by atoms with E-state index in [-0.39, 0.29) is 4.90 Å². The Balaban J connectivity index is 3.42. The minimum Gasteiger partial charge on any atom is -0.479 e. The lowest BCUT2D eigenvalue weighted by Gasteiger charge is -2.14. The highest BCUT2D eigenvalue weighted by atomic mass is 32.2. The summed E-state index contributed by atoms with van der Waals surface area (Å²) in [6.45, 7) is 0. The molecule has 0 saturated carbocycles. The first-order valence-electron chi connectivity index (χ1n) is 5.13. The standard InChI is InChI=1S/C10H11NO8S/c1-20(18,19)5-2-3-6(7(4-5)11(16)17)8(12)9(13)10(14)15/h2-4,8-9,12-13H,1H3,(H,14,15). The predicted molar refractivity (Wildman–Crippen MR) is 64.8 cm³/mol. The number of benzene rings is 1. The number of sulfone groups is 1. The van der Waals surface area contributed by atoms with Crippen LogP contribution >= 0.6 is 0 Å². The van der Waals surface area contributed by atoms with Crippen molar-refractivity contribution in [2.75, 3.05) is 6.26 Å². The summed E-state index contributed by atoms with van der Waals surface area (Å²) in [5, 5.41) is 38.2. The number of hydrogen-bond donors (Lipinski definition) is 3. The normalized spacial score (nSPS) is 14.6. The Morgan fingerprint density at radius 2 is 1.90 bits per heavy atom. The summed E-state index contributed by atoms with van der Waals surface area (Å²) in [7, 11) is -3.70. The number of aliphatic hydroxyl groups excluding tert-OH is 2. The SMILES string of the molecule is CS(=O)(=O)c1ccc(C(O)C(O)C(=O)O)c([N+](=O)[O-])c1. The maximum Gasteiger partial charge on any atom is 0.335 e. The van der Waals surface area contributed by atoms with Gasteiger partial charge in [-0.3, -0.25) is 10.1 Å². The summed E-state index contributed by atoms with van der Waals surface area (Å²) in [6, 6.07) is 2.57. The molecule has 1 aromatic rings. The molecule has 3 N–H and O–H groups in total. The Labute approximate surface area is 113 Å². The maximum atomic E-state index is 11.3. The smallest absolute Gasteiger partial charge is 0.335 e. The zero-order chi connectivity index (χ0) is 15.7. The van der Waals surface area contributed by atoms with E-state index in [4.69, 9.17) is 5.11 Å². The van der Waals surface area contributed by atoms with Crippen LogP contribution in [0, 0.1) is 10.1 Å². The quantitative estimate of drug-likeness (QED) is 0.484. The molecule has 0 aliphatic heterocycles. The van der Waals surface area contributed by atoms with Gasteiger partial charge in [0.25, 0.3) is 5.69 Å². The summed E-state index contributed by atoms with van der Waals surface area (Å²) in [5.74, 6) is -1.76. The molecule has 0 fully saturated rings. The fraction of sp³-hybridized carbons (Fsp3) is 0.300. The van der Waals surface area contributed by atoms with Gasteiger partial charge in [-0.15, -0.1) is 0 Å². The van der Waals surface area contributed by atoms with Gasteiger partial charge in [-0.1, -0.05) is 0 Å². The van der Waals surface area contributed by atoms with Gasteiger partial charge < -0.3 is 15.3 Å². The molecule has 10 heteroatoms. The van der Waals surface area contributed by atoms with Gasteiger partial charge in [0.15, 0.2) is 15.9 Å².